The Morgan fingerprint density at radius 3 is 3.00 bits per heavy atom. The van der Waals surface area contributed by atoms with E-state index in [2.05, 4.69) is 20.9 Å². The zero-order chi connectivity index (χ0) is 12.4. The molecule has 1 aromatic heterocycles. The monoisotopic (exact) mass is 301 g/mol. The van der Waals surface area contributed by atoms with Crippen LogP contribution in [0.5, 0.6) is 0 Å². The molecule has 17 heavy (non-hydrogen) atoms. The smallest absolute Gasteiger partial charge is 0.288 e. The molecule has 1 fully saturated rings. The SMILES string of the molecule is O=[N+]([O-])c1cnc(N2CCC[C@H](O)C2)c(Br)c1. The van der Waals surface area contributed by atoms with Gasteiger partial charge >= 0.3 is 0 Å². The van der Waals surface area contributed by atoms with Gasteiger partial charge in [0, 0.05) is 19.2 Å². The van der Waals surface area contributed by atoms with Crippen LogP contribution in [0.4, 0.5) is 11.5 Å². The van der Waals surface area contributed by atoms with Crippen molar-refractivity contribution in [3.8, 4) is 0 Å². The Morgan fingerprint density at radius 2 is 2.41 bits per heavy atom. The molecule has 6 nitrogen and oxygen atoms in total. The third-order valence-corrected chi connectivity index (χ3v) is 3.30. The van der Waals surface area contributed by atoms with Crippen molar-refractivity contribution in [1.82, 2.24) is 4.98 Å². The van der Waals surface area contributed by atoms with Crippen molar-refractivity contribution in [3.63, 3.8) is 0 Å². The Kier molecular flexibility index (Phi) is 3.58. The number of hydrogen-bond acceptors (Lipinski definition) is 5. The first-order valence-corrected chi connectivity index (χ1v) is 6.10. The first-order chi connectivity index (χ1) is 8.08. The van der Waals surface area contributed by atoms with Crippen molar-refractivity contribution in [2.45, 2.75) is 18.9 Å². The van der Waals surface area contributed by atoms with Crippen LogP contribution in [-0.4, -0.2) is 34.2 Å². The number of halogens is 1. The van der Waals surface area contributed by atoms with Crippen molar-refractivity contribution in [3.05, 3.63) is 26.9 Å². The lowest BCUT2D eigenvalue weighted by Crippen LogP contribution is -2.38. The fourth-order valence-corrected chi connectivity index (χ4v) is 2.49. The first-order valence-electron chi connectivity index (χ1n) is 5.31. The van der Waals surface area contributed by atoms with Crippen LogP contribution in [0, 0.1) is 10.1 Å². The molecule has 0 saturated carbocycles. The van der Waals surface area contributed by atoms with E-state index in [1.807, 2.05) is 4.90 Å². The number of nitro groups is 1. The molecular formula is C10H12BrN3O3. The van der Waals surface area contributed by atoms with Gasteiger partial charge in [0.15, 0.2) is 0 Å². The second-order valence-corrected chi connectivity index (χ2v) is 4.85. The predicted octanol–water partition coefficient (Wildman–Crippen LogP) is 1.71. The third kappa shape index (κ3) is 2.73. The van der Waals surface area contributed by atoms with Crippen molar-refractivity contribution in [2.75, 3.05) is 18.0 Å². The summed E-state index contributed by atoms with van der Waals surface area (Å²) in [7, 11) is 0. The van der Waals surface area contributed by atoms with Gasteiger partial charge in [-0.2, -0.15) is 0 Å². The highest BCUT2D eigenvalue weighted by Gasteiger charge is 2.21. The molecule has 1 aromatic rings. The van der Waals surface area contributed by atoms with E-state index >= 15 is 0 Å². The minimum Gasteiger partial charge on any atom is -0.391 e. The summed E-state index contributed by atoms with van der Waals surface area (Å²) in [5, 5.41) is 20.2. The summed E-state index contributed by atoms with van der Waals surface area (Å²) < 4.78 is 0.584. The average molecular weight is 302 g/mol. The molecule has 1 atom stereocenters. The number of rotatable bonds is 2. The van der Waals surface area contributed by atoms with E-state index in [1.54, 1.807) is 0 Å². The highest BCUT2D eigenvalue weighted by Crippen LogP contribution is 2.29. The number of aliphatic hydroxyl groups excluding tert-OH is 1. The van der Waals surface area contributed by atoms with Crippen LogP contribution >= 0.6 is 15.9 Å². The van der Waals surface area contributed by atoms with Crippen LogP contribution in [0.3, 0.4) is 0 Å². The number of β-amino-alcohol motifs (C(OH)–C–C–N with tert-alkyl or cyclic N) is 1. The molecule has 1 aliphatic rings. The zero-order valence-corrected chi connectivity index (χ0v) is 10.6. The summed E-state index contributed by atoms with van der Waals surface area (Å²) in [5.74, 6) is 0.648. The first kappa shape index (κ1) is 12.3. The summed E-state index contributed by atoms with van der Waals surface area (Å²) >= 11 is 3.28. The standard InChI is InChI=1S/C10H12BrN3O3/c11-9-4-7(14(16)17)5-12-10(9)13-3-1-2-8(15)6-13/h4-5,8,15H,1-3,6H2/t8-/m0/s1. The molecule has 1 N–H and O–H groups in total. The largest absolute Gasteiger partial charge is 0.391 e. The van der Waals surface area contributed by atoms with Crippen molar-refractivity contribution in [2.24, 2.45) is 0 Å². The maximum Gasteiger partial charge on any atom is 0.288 e. The normalized spacial score (nSPS) is 20.4. The molecule has 2 heterocycles. The van der Waals surface area contributed by atoms with E-state index in [0.717, 1.165) is 19.4 Å². The third-order valence-electron chi connectivity index (χ3n) is 2.71. The van der Waals surface area contributed by atoms with Crippen LogP contribution in [0.15, 0.2) is 16.7 Å². The average Bonchev–Trinajstić information content (AvgIpc) is 2.28. The molecular weight excluding hydrogens is 290 g/mol. The highest BCUT2D eigenvalue weighted by molar-refractivity contribution is 9.10. The van der Waals surface area contributed by atoms with Gasteiger partial charge in [0.05, 0.1) is 15.5 Å². The molecule has 0 radical (unpaired) electrons. The highest BCUT2D eigenvalue weighted by atomic mass is 79.9. The van der Waals surface area contributed by atoms with E-state index in [0.29, 0.717) is 16.8 Å². The van der Waals surface area contributed by atoms with Gasteiger partial charge in [0.1, 0.15) is 12.0 Å². The summed E-state index contributed by atoms with van der Waals surface area (Å²) in [4.78, 5) is 16.1. The van der Waals surface area contributed by atoms with Gasteiger partial charge < -0.3 is 10.0 Å². The van der Waals surface area contributed by atoms with Gasteiger partial charge in [-0.05, 0) is 28.8 Å². The second kappa shape index (κ2) is 4.97. The number of pyridine rings is 1. The Hall–Kier alpha value is -1.21. The van der Waals surface area contributed by atoms with Gasteiger partial charge in [0.2, 0.25) is 0 Å². The van der Waals surface area contributed by atoms with Gasteiger partial charge in [-0.25, -0.2) is 4.98 Å². The number of aliphatic hydroxyl groups is 1. The summed E-state index contributed by atoms with van der Waals surface area (Å²) in [6.45, 7) is 1.32. The fourth-order valence-electron chi connectivity index (χ4n) is 1.90. The minimum atomic E-state index is -0.480. The van der Waals surface area contributed by atoms with Gasteiger partial charge in [-0.1, -0.05) is 0 Å². The van der Waals surface area contributed by atoms with E-state index in [1.165, 1.54) is 12.3 Å². The number of aromatic nitrogens is 1. The maximum absolute atomic E-state index is 10.6. The molecule has 0 aliphatic carbocycles. The van der Waals surface area contributed by atoms with Gasteiger partial charge in [-0.15, -0.1) is 0 Å². The Bertz CT molecular complexity index is 441. The second-order valence-electron chi connectivity index (χ2n) is 4.00. The maximum atomic E-state index is 10.6. The van der Waals surface area contributed by atoms with Crippen LogP contribution in [0.1, 0.15) is 12.8 Å². The van der Waals surface area contributed by atoms with E-state index in [4.69, 9.17) is 0 Å². The molecule has 1 saturated heterocycles. The number of anilines is 1. The lowest BCUT2D eigenvalue weighted by Gasteiger charge is -2.31. The molecule has 2 rings (SSSR count). The fraction of sp³-hybridized carbons (Fsp3) is 0.500. The molecule has 1 aliphatic heterocycles. The molecule has 0 bridgehead atoms. The molecule has 0 aromatic carbocycles. The van der Waals surface area contributed by atoms with E-state index in [-0.39, 0.29) is 11.8 Å². The predicted molar refractivity (Wildman–Crippen MR) is 66.0 cm³/mol. The van der Waals surface area contributed by atoms with Crippen LogP contribution < -0.4 is 4.90 Å². The molecule has 7 heteroatoms. The summed E-state index contributed by atoms with van der Waals surface area (Å²) in [6.07, 6.45) is 2.57. The number of nitrogens with zero attached hydrogens (tertiary/aromatic N) is 3. The molecule has 0 spiro atoms. The molecule has 0 unspecified atom stereocenters. The number of hydrogen-bond donors (Lipinski definition) is 1. The van der Waals surface area contributed by atoms with Crippen LogP contribution in [0.25, 0.3) is 0 Å². The zero-order valence-electron chi connectivity index (χ0n) is 9.04. The van der Waals surface area contributed by atoms with Gasteiger partial charge in [-0.3, -0.25) is 10.1 Å². The lowest BCUT2D eigenvalue weighted by atomic mass is 10.1. The van der Waals surface area contributed by atoms with Crippen molar-refractivity contribution < 1.29 is 10.0 Å². The van der Waals surface area contributed by atoms with E-state index in [9.17, 15) is 15.2 Å². The summed E-state index contributed by atoms with van der Waals surface area (Å²) in [6, 6.07) is 1.43. The Morgan fingerprint density at radius 1 is 1.65 bits per heavy atom. The Labute approximate surface area is 107 Å². The summed E-state index contributed by atoms with van der Waals surface area (Å²) in [5.41, 5.74) is -0.0433. The number of piperidine rings is 1. The quantitative estimate of drug-likeness (QED) is 0.664. The van der Waals surface area contributed by atoms with Gasteiger partial charge in [0.25, 0.3) is 5.69 Å². The Balaban J connectivity index is 2.23. The van der Waals surface area contributed by atoms with Crippen LogP contribution in [-0.2, 0) is 0 Å². The van der Waals surface area contributed by atoms with Crippen molar-refractivity contribution in [1.29, 1.82) is 0 Å². The lowest BCUT2D eigenvalue weighted by molar-refractivity contribution is -0.385. The molecule has 0 amide bonds. The van der Waals surface area contributed by atoms with Crippen LogP contribution in [0.2, 0.25) is 0 Å². The minimum absolute atomic E-state index is 0.0433. The topological polar surface area (TPSA) is 79.5 Å². The van der Waals surface area contributed by atoms with Crippen molar-refractivity contribution >= 4 is 27.4 Å². The van der Waals surface area contributed by atoms with E-state index < -0.39 is 4.92 Å². The molecule has 92 valence electrons.